The van der Waals surface area contributed by atoms with Gasteiger partial charge < -0.3 is 15.0 Å². The molecule has 1 fully saturated rings. The average molecular weight is 306 g/mol. The van der Waals surface area contributed by atoms with Gasteiger partial charge in [-0.1, -0.05) is 30.0 Å². The molecule has 0 bridgehead atoms. The molecule has 1 atom stereocenters. The molecule has 0 radical (unpaired) electrons. The number of ether oxygens (including phenoxy) is 1. The zero-order valence-corrected chi connectivity index (χ0v) is 12.5. The molecule has 1 saturated heterocycles. The van der Waals surface area contributed by atoms with Crippen molar-refractivity contribution in [3.05, 3.63) is 29.8 Å². The van der Waals surface area contributed by atoms with Gasteiger partial charge in [-0.25, -0.2) is 0 Å². The Labute approximate surface area is 128 Å². The third-order valence-electron chi connectivity index (χ3n) is 3.75. The number of amides is 2. The number of carbonyl (C=O) groups excluding carboxylic acids is 2. The number of nitrogens with zero attached hydrogens (tertiary/aromatic N) is 1. The SMILES string of the molecule is O=C(CCN1CCSC1=O)NC1CCOc2ccccc21. The first kappa shape index (κ1) is 14.3. The molecule has 0 aliphatic carbocycles. The van der Waals surface area contributed by atoms with Crippen molar-refractivity contribution >= 4 is 22.9 Å². The fraction of sp³-hybridized carbons (Fsp3) is 0.467. The summed E-state index contributed by atoms with van der Waals surface area (Å²) in [7, 11) is 0. The number of hydrogen-bond donors (Lipinski definition) is 1. The van der Waals surface area contributed by atoms with Crippen molar-refractivity contribution in [2.75, 3.05) is 25.4 Å². The van der Waals surface area contributed by atoms with Crippen LogP contribution in [-0.2, 0) is 4.79 Å². The second-order valence-electron chi connectivity index (χ2n) is 5.15. The molecule has 1 unspecified atom stereocenters. The van der Waals surface area contributed by atoms with Gasteiger partial charge in [0.2, 0.25) is 5.91 Å². The first-order chi connectivity index (χ1) is 10.2. The molecule has 2 aliphatic rings. The summed E-state index contributed by atoms with van der Waals surface area (Å²) in [5, 5.41) is 3.13. The van der Waals surface area contributed by atoms with Crippen LogP contribution < -0.4 is 10.1 Å². The zero-order valence-electron chi connectivity index (χ0n) is 11.7. The van der Waals surface area contributed by atoms with E-state index in [2.05, 4.69) is 5.32 Å². The van der Waals surface area contributed by atoms with Crippen LogP contribution in [0.4, 0.5) is 4.79 Å². The predicted molar refractivity (Wildman–Crippen MR) is 81.5 cm³/mol. The number of thioether (sulfide) groups is 1. The highest BCUT2D eigenvalue weighted by Gasteiger charge is 2.24. The summed E-state index contributed by atoms with van der Waals surface area (Å²) in [6.07, 6.45) is 1.13. The van der Waals surface area contributed by atoms with Crippen LogP contribution in [0.1, 0.15) is 24.4 Å². The number of nitrogens with one attached hydrogen (secondary N) is 1. The lowest BCUT2D eigenvalue weighted by atomic mass is 10.0. The third kappa shape index (κ3) is 3.32. The van der Waals surface area contributed by atoms with E-state index in [1.807, 2.05) is 24.3 Å². The monoisotopic (exact) mass is 306 g/mol. The zero-order chi connectivity index (χ0) is 14.7. The minimum Gasteiger partial charge on any atom is -0.493 e. The molecule has 112 valence electrons. The maximum Gasteiger partial charge on any atom is 0.281 e. The first-order valence-corrected chi connectivity index (χ1v) is 8.15. The largest absolute Gasteiger partial charge is 0.493 e. The van der Waals surface area contributed by atoms with Crippen LogP contribution in [0, 0.1) is 0 Å². The Morgan fingerprint density at radius 2 is 2.29 bits per heavy atom. The molecular formula is C15H18N2O3S. The molecule has 21 heavy (non-hydrogen) atoms. The van der Waals surface area contributed by atoms with Crippen LogP contribution >= 0.6 is 11.8 Å². The van der Waals surface area contributed by atoms with Gasteiger partial charge in [-0.15, -0.1) is 0 Å². The summed E-state index contributed by atoms with van der Waals surface area (Å²) in [5.41, 5.74) is 1.03. The van der Waals surface area contributed by atoms with E-state index < -0.39 is 0 Å². The fourth-order valence-corrected chi connectivity index (χ4v) is 3.48. The topological polar surface area (TPSA) is 58.6 Å². The van der Waals surface area contributed by atoms with Crippen molar-refractivity contribution < 1.29 is 14.3 Å². The highest BCUT2D eigenvalue weighted by Crippen LogP contribution is 2.31. The van der Waals surface area contributed by atoms with Gasteiger partial charge >= 0.3 is 0 Å². The second-order valence-corrected chi connectivity index (χ2v) is 6.19. The molecule has 1 aromatic rings. The lowest BCUT2D eigenvalue weighted by molar-refractivity contribution is -0.122. The number of fused-ring (bicyclic) bond motifs is 1. The smallest absolute Gasteiger partial charge is 0.281 e. The summed E-state index contributed by atoms with van der Waals surface area (Å²) < 4.78 is 5.58. The van der Waals surface area contributed by atoms with E-state index in [1.165, 1.54) is 11.8 Å². The molecule has 0 aromatic heterocycles. The fourth-order valence-electron chi connectivity index (χ4n) is 2.62. The maximum atomic E-state index is 12.1. The third-order valence-corrected chi connectivity index (χ3v) is 4.64. The number of carbonyl (C=O) groups is 2. The van der Waals surface area contributed by atoms with E-state index in [4.69, 9.17) is 4.74 Å². The molecule has 1 aromatic carbocycles. The van der Waals surface area contributed by atoms with Crippen molar-refractivity contribution in [1.82, 2.24) is 10.2 Å². The quantitative estimate of drug-likeness (QED) is 0.926. The predicted octanol–water partition coefficient (Wildman–Crippen LogP) is 2.19. The molecule has 3 rings (SSSR count). The van der Waals surface area contributed by atoms with Crippen molar-refractivity contribution in [2.45, 2.75) is 18.9 Å². The van der Waals surface area contributed by atoms with Gasteiger partial charge in [-0.3, -0.25) is 9.59 Å². The molecule has 6 heteroatoms. The van der Waals surface area contributed by atoms with Gasteiger partial charge in [-0.05, 0) is 6.07 Å². The van der Waals surface area contributed by atoms with Crippen LogP contribution in [0.25, 0.3) is 0 Å². The second kappa shape index (κ2) is 6.39. The van der Waals surface area contributed by atoms with Crippen LogP contribution in [-0.4, -0.2) is 41.5 Å². The Hall–Kier alpha value is -1.69. The first-order valence-electron chi connectivity index (χ1n) is 7.17. The summed E-state index contributed by atoms with van der Waals surface area (Å²) >= 11 is 1.32. The number of rotatable bonds is 4. The summed E-state index contributed by atoms with van der Waals surface area (Å²) in [5.74, 6) is 1.66. The maximum absolute atomic E-state index is 12.1. The van der Waals surface area contributed by atoms with Crippen molar-refractivity contribution in [2.24, 2.45) is 0 Å². The van der Waals surface area contributed by atoms with E-state index in [-0.39, 0.29) is 17.2 Å². The minimum atomic E-state index is -0.0126. The molecule has 0 spiro atoms. The average Bonchev–Trinajstić information content (AvgIpc) is 2.91. The van der Waals surface area contributed by atoms with Gasteiger partial charge in [0, 0.05) is 37.2 Å². The van der Waals surface area contributed by atoms with Crippen molar-refractivity contribution in [1.29, 1.82) is 0 Å². The number of para-hydroxylation sites is 1. The highest BCUT2D eigenvalue weighted by molar-refractivity contribution is 8.13. The van der Waals surface area contributed by atoms with Gasteiger partial charge in [0.1, 0.15) is 5.75 Å². The van der Waals surface area contributed by atoms with Gasteiger partial charge in [0.05, 0.1) is 12.6 Å². The van der Waals surface area contributed by atoms with Crippen LogP contribution in [0.3, 0.4) is 0 Å². The van der Waals surface area contributed by atoms with Crippen LogP contribution in [0.2, 0.25) is 0 Å². The Morgan fingerprint density at radius 1 is 1.43 bits per heavy atom. The Balaban J connectivity index is 1.55. The normalized spacial score (nSPS) is 20.9. The lowest BCUT2D eigenvalue weighted by Crippen LogP contribution is -2.35. The molecule has 2 heterocycles. The Kier molecular flexibility index (Phi) is 4.34. The van der Waals surface area contributed by atoms with Crippen LogP contribution in [0.5, 0.6) is 5.75 Å². The molecular weight excluding hydrogens is 288 g/mol. The van der Waals surface area contributed by atoms with Gasteiger partial charge in [0.25, 0.3) is 5.24 Å². The van der Waals surface area contributed by atoms with E-state index in [0.717, 1.165) is 30.0 Å². The molecule has 1 N–H and O–H groups in total. The minimum absolute atomic E-state index is 0.00565. The van der Waals surface area contributed by atoms with E-state index >= 15 is 0 Å². The summed E-state index contributed by atoms with van der Waals surface area (Å²) in [4.78, 5) is 25.3. The van der Waals surface area contributed by atoms with E-state index in [1.54, 1.807) is 4.90 Å². The van der Waals surface area contributed by atoms with Crippen molar-refractivity contribution in [3.63, 3.8) is 0 Å². The highest BCUT2D eigenvalue weighted by atomic mass is 32.2. The molecule has 0 saturated carbocycles. The number of hydrogen-bond acceptors (Lipinski definition) is 4. The standard InChI is InChI=1S/C15H18N2O3S/c18-14(5-7-17-8-10-21-15(17)19)16-12-6-9-20-13-4-2-1-3-11(12)13/h1-4,12H,5-10H2,(H,16,18). The summed E-state index contributed by atoms with van der Waals surface area (Å²) in [6.45, 7) is 1.86. The molecule has 2 aliphatic heterocycles. The van der Waals surface area contributed by atoms with Crippen molar-refractivity contribution in [3.8, 4) is 5.75 Å². The Morgan fingerprint density at radius 3 is 3.10 bits per heavy atom. The van der Waals surface area contributed by atoms with E-state index in [9.17, 15) is 9.59 Å². The van der Waals surface area contributed by atoms with Gasteiger partial charge in [0.15, 0.2) is 0 Å². The van der Waals surface area contributed by atoms with E-state index in [0.29, 0.717) is 19.6 Å². The molecule has 2 amide bonds. The number of benzene rings is 1. The van der Waals surface area contributed by atoms with Crippen LogP contribution in [0.15, 0.2) is 24.3 Å². The molecule has 5 nitrogen and oxygen atoms in total. The lowest BCUT2D eigenvalue weighted by Gasteiger charge is -2.27. The summed E-state index contributed by atoms with van der Waals surface area (Å²) in [6, 6.07) is 7.80. The van der Waals surface area contributed by atoms with Gasteiger partial charge in [-0.2, -0.15) is 0 Å². The Bertz CT molecular complexity index is 549.